The van der Waals surface area contributed by atoms with Gasteiger partial charge in [-0.25, -0.2) is 0 Å². The van der Waals surface area contributed by atoms with Gasteiger partial charge >= 0.3 is 0 Å². The summed E-state index contributed by atoms with van der Waals surface area (Å²) in [4.78, 5) is 0. The number of aliphatic hydroxyl groups excluding tert-OH is 1. The van der Waals surface area contributed by atoms with E-state index in [1.165, 1.54) is 18.4 Å². The lowest BCUT2D eigenvalue weighted by Crippen LogP contribution is -2.18. The van der Waals surface area contributed by atoms with Crippen LogP contribution in [0.4, 0.5) is 0 Å². The fourth-order valence-corrected chi connectivity index (χ4v) is 2.19. The maximum Gasteiger partial charge on any atom is 0.0464 e. The standard InChI is InChI=1S/C14H21ClO/c1-3-4-11(2)13(10-16)9-12-5-7-14(15)8-6-12/h5-8,11,13,16H,3-4,9-10H2,1-2H3. The van der Waals surface area contributed by atoms with E-state index in [0.29, 0.717) is 11.8 Å². The van der Waals surface area contributed by atoms with E-state index in [2.05, 4.69) is 13.8 Å². The summed E-state index contributed by atoms with van der Waals surface area (Å²) in [5.41, 5.74) is 1.26. The summed E-state index contributed by atoms with van der Waals surface area (Å²) >= 11 is 5.84. The lowest BCUT2D eigenvalue weighted by molar-refractivity contribution is 0.176. The van der Waals surface area contributed by atoms with Crippen molar-refractivity contribution in [2.75, 3.05) is 6.61 Å². The molecule has 0 aromatic heterocycles. The molecule has 90 valence electrons. The highest BCUT2D eigenvalue weighted by atomic mass is 35.5. The van der Waals surface area contributed by atoms with E-state index >= 15 is 0 Å². The largest absolute Gasteiger partial charge is 0.396 e. The van der Waals surface area contributed by atoms with E-state index < -0.39 is 0 Å². The van der Waals surface area contributed by atoms with Gasteiger partial charge in [0.1, 0.15) is 0 Å². The van der Waals surface area contributed by atoms with E-state index in [1.54, 1.807) is 0 Å². The monoisotopic (exact) mass is 240 g/mol. The van der Waals surface area contributed by atoms with E-state index in [9.17, 15) is 5.11 Å². The molecule has 0 spiro atoms. The molecule has 2 heteroatoms. The van der Waals surface area contributed by atoms with Crippen LogP contribution >= 0.6 is 11.6 Å². The van der Waals surface area contributed by atoms with Crippen molar-refractivity contribution in [3.63, 3.8) is 0 Å². The highest BCUT2D eigenvalue weighted by Crippen LogP contribution is 2.22. The zero-order valence-electron chi connectivity index (χ0n) is 10.1. The predicted molar refractivity (Wildman–Crippen MR) is 69.8 cm³/mol. The molecule has 0 fully saturated rings. The third kappa shape index (κ3) is 4.15. The number of halogens is 1. The van der Waals surface area contributed by atoms with Crippen LogP contribution < -0.4 is 0 Å². The van der Waals surface area contributed by atoms with Crippen LogP contribution in [0.15, 0.2) is 24.3 Å². The molecule has 1 aromatic carbocycles. The summed E-state index contributed by atoms with van der Waals surface area (Å²) in [5, 5.41) is 10.2. The van der Waals surface area contributed by atoms with Crippen LogP contribution in [0.3, 0.4) is 0 Å². The van der Waals surface area contributed by atoms with Crippen molar-refractivity contribution < 1.29 is 5.11 Å². The van der Waals surface area contributed by atoms with Gasteiger partial charge in [0, 0.05) is 11.6 Å². The van der Waals surface area contributed by atoms with Gasteiger partial charge in [0.2, 0.25) is 0 Å². The Morgan fingerprint density at radius 3 is 2.38 bits per heavy atom. The van der Waals surface area contributed by atoms with Crippen molar-refractivity contribution in [3.8, 4) is 0 Å². The topological polar surface area (TPSA) is 20.2 Å². The molecule has 1 aromatic rings. The summed E-state index contributed by atoms with van der Waals surface area (Å²) in [5.74, 6) is 0.937. The summed E-state index contributed by atoms with van der Waals surface area (Å²) in [6.45, 7) is 4.68. The average molecular weight is 241 g/mol. The van der Waals surface area contributed by atoms with Gasteiger partial charge in [-0.05, 0) is 36.0 Å². The van der Waals surface area contributed by atoms with E-state index in [-0.39, 0.29) is 6.61 Å². The second kappa shape index (κ2) is 6.93. The van der Waals surface area contributed by atoms with Crippen LogP contribution in [0.5, 0.6) is 0 Å². The Hall–Kier alpha value is -0.530. The van der Waals surface area contributed by atoms with Gasteiger partial charge in [0.25, 0.3) is 0 Å². The molecular weight excluding hydrogens is 220 g/mol. The lowest BCUT2D eigenvalue weighted by Gasteiger charge is -2.21. The summed E-state index contributed by atoms with van der Waals surface area (Å²) in [7, 11) is 0. The molecule has 0 aliphatic rings. The Kier molecular flexibility index (Phi) is 5.86. The molecular formula is C14H21ClO. The van der Waals surface area contributed by atoms with Crippen molar-refractivity contribution in [1.82, 2.24) is 0 Å². The van der Waals surface area contributed by atoms with E-state index in [1.807, 2.05) is 24.3 Å². The third-order valence-electron chi connectivity index (χ3n) is 3.19. The quantitative estimate of drug-likeness (QED) is 0.799. The normalized spacial score (nSPS) is 14.8. The van der Waals surface area contributed by atoms with Crippen molar-refractivity contribution in [1.29, 1.82) is 0 Å². The number of benzene rings is 1. The molecule has 1 nitrogen and oxygen atoms in total. The average Bonchev–Trinajstić information content (AvgIpc) is 2.28. The maximum absolute atomic E-state index is 9.41. The summed E-state index contributed by atoms with van der Waals surface area (Å²) in [6.07, 6.45) is 3.30. The molecule has 0 bridgehead atoms. The fourth-order valence-electron chi connectivity index (χ4n) is 2.06. The maximum atomic E-state index is 9.41. The Morgan fingerprint density at radius 2 is 1.88 bits per heavy atom. The first kappa shape index (κ1) is 13.5. The SMILES string of the molecule is CCCC(C)C(CO)Cc1ccc(Cl)cc1. The van der Waals surface area contributed by atoms with Crippen LogP contribution in [0, 0.1) is 11.8 Å². The molecule has 0 amide bonds. The van der Waals surface area contributed by atoms with Gasteiger partial charge in [0.05, 0.1) is 0 Å². The minimum absolute atomic E-state index is 0.268. The molecule has 16 heavy (non-hydrogen) atoms. The van der Waals surface area contributed by atoms with Crippen LogP contribution in [0.2, 0.25) is 5.02 Å². The van der Waals surface area contributed by atoms with Gasteiger partial charge in [-0.1, -0.05) is 50.4 Å². The van der Waals surface area contributed by atoms with Crippen LogP contribution in [-0.2, 0) is 6.42 Å². The number of rotatable bonds is 6. The second-order valence-corrected chi connectivity index (χ2v) is 4.98. The molecule has 1 N–H and O–H groups in total. The van der Waals surface area contributed by atoms with E-state index in [4.69, 9.17) is 11.6 Å². The van der Waals surface area contributed by atoms with Gasteiger partial charge in [-0.2, -0.15) is 0 Å². The Bertz CT molecular complexity index is 294. The minimum atomic E-state index is 0.268. The first-order valence-electron chi connectivity index (χ1n) is 6.02. The first-order valence-corrected chi connectivity index (χ1v) is 6.40. The van der Waals surface area contributed by atoms with Crippen LogP contribution in [0.25, 0.3) is 0 Å². The van der Waals surface area contributed by atoms with Crippen molar-refractivity contribution in [2.24, 2.45) is 11.8 Å². The molecule has 0 radical (unpaired) electrons. The predicted octanol–water partition coefficient (Wildman–Crippen LogP) is 3.93. The summed E-state index contributed by atoms with van der Waals surface area (Å²) in [6, 6.07) is 7.92. The number of hydrogen-bond acceptors (Lipinski definition) is 1. The summed E-state index contributed by atoms with van der Waals surface area (Å²) < 4.78 is 0. The van der Waals surface area contributed by atoms with Crippen molar-refractivity contribution in [2.45, 2.75) is 33.1 Å². The Balaban J connectivity index is 2.59. The van der Waals surface area contributed by atoms with Gasteiger partial charge in [0.15, 0.2) is 0 Å². The number of hydrogen-bond donors (Lipinski definition) is 1. The van der Waals surface area contributed by atoms with E-state index in [0.717, 1.165) is 11.4 Å². The minimum Gasteiger partial charge on any atom is -0.396 e. The second-order valence-electron chi connectivity index (χ2n) is 4.54. The molecule has 2 atom stereocenters. The molecule has 1 rings (SSSR count). The van der Waals surface area contributed by atoms with Crippen LogP contribution in [-0.4, -0.2) is 11.7 Å². The van der Waals surface area contributed by atoms with Crippen molar-refractivity contribution in [3.05, 3.63) is 34.9 Å². The first-order chi connectivity index (χ1) is 7.67. The molecule has 0 aliphatic heterocycles. The molecule has 0 saturated carbocycles. The lowest BCUT2D eigenvalue weighted by atomic mass is 9.86. The van der Waals surface area contributed by atoms with Gasteiger partial charge in [-0.3, -0.25) is 0 Å². The number of aliphatic hydroxyl groups is 1. The van der Waals surface area contributed by atoms with Crippen molar-refractivity contribution >= 4 is 11.6 Å². The van der Waals surface area contributed by atoms with Crippen LogP contribution in [0.1, 0.15) is 32.3 Å². The molecule has 0 aliphatic carbocycles. The van der Waals surface area contributed by atoms with Gasteiger partial charge in [-0.15, -0.1) is 0 Å². The Labute approximate surface area is 103 Å². The smallest absolute Gasteiger partial charge is 0.0464 e. The molecule has 0 heterocycles. The molecule has 0 saturated heterocycles. The molecule has 2 unspecified atom stereocenters. The third-order valence-corrected chi connectivity index (χ3v) is 3.45. The highest BCUT2D eigenvalue weighted by molar-refractivity contribution is 6.30. The Morgan fingerprint density at radius 1 is 1.25 bits per heavy atom. The zero-order chi connectivity index (χ0) is 12.0. The fraction of sp³-hybridized carbons (Fsp3) is 0.571. The zero-order valence-corrected chi connectivity index (χ0v) is 10.9. The van der Waals surface area contributed by atoms with Gasteiger partial charge < -0.3 is 5.11 Å². The highest BCUT2D eigenvalue weighted by Gasteiger charge is 2.16.